The van der Waals surface area contributed by atoms with Gasteiger partial charge in [0.05, 0.1) is 17.8 Å². The van der Waals surface area contributed by atoms with Crippen molar-refractivity contribution >= 4 is 11.9 Å². The molecule has 0 bridgehead atoms. The number of hydrogen-bond donors (Lipinski definition) is 2. The molecule has 122 valence electrons. The summed E-state index contributed by atoms with van der Waals surface area (Å²) in [7, 11) is 0. The van der Waals surface area contributed by atoms with Gasteiger partial charge in [-0.15, -0.1) is 0 Å². The highest BCUT2D eigenvalue weighted by Gasteiger charge is 2.21. The molecule has 2 heterocycles. The number of amides is 1. The summed E-state index contributed by atoms with van der Waals surface area (Å²) in [6.07, 6.45) is 4.80. The quantitative estimate of drug-likeness (QED) is 0.745. The molecule has 0 spiro atoms. The topological polar surface area (TPSA) is 93.5 Å². The van der Waals surface area contributed by atoms with Gasteiger partial charge in [0.1, 0.15) is 0 Å². The fourth-order valence-electron chi connectivity index (χ4n) is 2.64. The number of ether oxygens (including phenoxy) is 1. The molecule has 1 fully saturated rings. The van der Waals surface area contributed by atoms with Crippen LogP contribution in [0.2, 0.25) is 0 Å². The first kappa shape index (κ1) is 16.5. The van der Waals surface area contributed by atoms with Crippen LogP contribution in [0.25, 0.3) is 0 Å². The molecular weight excluding hydrogens is 286 g/mol. The fourth-order valence-corrected chi connectivity index (χ4v) is 2.64. The van der Waals surface area contributed by atoms with E-state index in [0.29, 0.717) is 31.0 Å². The monoisotopic (exact) mass is 309 g/mol. The van der Waals surface area contributed by atoms with E-state index in [0.717, 1.165) is 31.7 Å². The average molecular weight is 309 g/mol. The summed E-state index contributed by atoms with van der Waals surface area (Å²) in [5.74, 6) is -0.953. The minimum atomic E-state index is -0.806. The number of aromatic nitrogens is 2. The number of aliphatic carboxylic acids is 1. The molecule has 1 amide bonds. The number of carbonyl (C=O) groups excluding carboxylic acids is 1. The Bertz CT molecular complexity index is 521. The van der Waals surface area contributed by atoms with Crippen LogP contribution in [0, 0.1) is 6.92 Å². The summed E-state index contributed by atoms with van der Waals surface area (Å²) >= 11 is 0. The predicted octanol–water partition coefficient (Wildman–Crippen LogP) is 1.53. The third-order valence-electron chi connectivity index (χ3n) is 3.93. The Balaban J connectivity index is 1.85. The molecule has 1 aliphatic rings. The lowest BCUT2D eigenvalue weighted by atomic mass is 10.1. The second-order valence-corrected chi connectivity index (χ2v) is 5.54. The molecule has 0 atom stereocenters. The molecule has 0 aliphatic carbocycles. The molecular formula is C15H23N3O4. The van der Waals surface area contributed by atoms with Gasteiger partial charge in [-0.3, -0.25) is 14.3 Å². The molecule has 2 rings (SSSR count). The lowest BCUT2D eigenvalue weighted by Crippen LogP contribution is -2.26. The van der Waals surface area contributed by atoms with E-state index in [-0.39, 0.29) is 12.3 Å². The Morgan fingerprint density at radius 3 is 2.82 bits per heavy atom. The molecule has 0 saturated carbocycles. The largest absolute Gasteiger partial charge is 0.481 e. The maximum atomic E-state index is 12.2. The molecule has 0 unspecified atom stereocenters. The van der Waals surface area contributed by atoms with E-state index in [1.807, 2.05) is 11.6 Å². The Kier molecular flexibility index (Phi) is 5.94. The number of unbranched alkanes of at least 4 members (excludes halogenated alkanes) is 1. The normalized spacial score (nSPS) is 15.7. The molecule has 0 aromatic carbocycles. The zero-order chi connectivity index (χ0) is 15.9. The van der Waals surface area contributed by atoms with Crippen LogP contribution in [0.3, 0.4) is 0 Å². The lowest BCUT2D eigenvalue weighted by molar-refractivity contribution is -0.137. The second kappa shape index (κ2) is 7.93. The molecule has 1 aromatic heterocycles. The highest BCUT2D eigenvalue weighted by Crippen LogP contribution is 2.23. The Morgan fingerprint density at radius 1 is 1.41 bits per heavy atom. The third-order valence-corrected chi connectivity index (χ3v) is 3.93. The highest BCUT2D eigenvalue weighted by molar-refractivity contribution is 5.95. The van der Waals surface area contributed by atoms with Crippen molar-refractivity contribution in [2.45, 2.75) is 45.1 Å². The summed E-state index contributed by atoms with van der Waals surface area (Å²) in [4.78, 5) is 22.6. The van der Waals surface area contributed by atoms with E-state index < -0.39 is 5.97 Å². The van der Waals surface area contributed by atoms with Crippen LogP contribution in [0.1, 0.15) is 54.2 Å². The molecule has 2 N–H and O–H groups in total. The average Bonchev–Trinajstić information content (AvgIpc) is 2.89. The van der Waals surface area contributed by atoms with Crippen LogP contribution in [0.4, 0.5) is 0 Å². The molecule has 1 saturated heterocycles. The van der Waals surface area contributed by atoms with Crippen LogP contribution in [0.15, 0.2) is 6.20 Å². The number of carbonyl (C=O) groups is 2. The maximum absolute atomic E-state index is 12.2. The van der Waals surface area contributed by atoms with E-state index in [2.05, 4.69) is 10.4 Å². The van der Waals surface area contributed by atoms with Gasteiger partial charge in [-0.05, 0) is 32.6 Å². The molecule has 7 nitrogen and oxygen atoms in total. The number of carboxylic acids is 1. The van der Waals surface area contributed by atoms with Gasteiger partial charge in [0, 0.05) is 31.9 Å². The first-order valence-electron chi connectivity index (χ1n) is 7.71. The van der Waals surface area contributed by atoms with E-state index in [1.54, 1.807) is 6.20 Å². The molecule has 1 aromatic rings. The van der Waals surface area contributed by atoms with Gasteiger partial charge < -0.3 is 15.2 Å². The van der Waals surface area contributed by atoms with Gasteiger partial charge in [-0.25, -0.2) is 0 Å². The minimum Gasteiger partial charge on any atom is -0.481 e. The van der Waals surface area contributed by atoms with Crippen molar-refractivity contribution in [3.8, 4) is 0 Å². The van der Waals surface area contributed by atoms with Gasteiger partial charge >= 0.3 is 5.97 Å². The van der Waals surface area contributed by atoms with Crippen LogP contribution in [-0.4, -0.2) is 46.5 Å². The van der Waals surface area contributed by atoms with Crippen molar-refractivity contribution in [2.75, 3.05) is 19.8 Å². The zero-order valence-corrected chi connectivity index (χ0v) is 12.9. The van der Waals surface area contributed by atoms with Gasteiger partial charge in [-0.1, -0.05) is 0 Å². The minimum absolute atomic E-state index is 0.135. The van der Waals surface area contributed by atoms with Gasteiger partial charge in [0.15, 0.2) is 0 Å². The Hall–Kier alpha value is -1.89. The van der Waals surface area contributed by atoms with Gasteiger partial charge in [-0.2, -0.15) is 5.10 Å². The summed E-state index contributed by atoms with van der Waals surface area (Å²) in [5, 5.41) is 15.7. The van der Waals surface area contributed by atoms with Crippen molar-refractivity contribution < 1.29 is 19.4 Å². The summed E-state index contributed by atoms with van der Waals surface area (Å²) in [6, 6.07) is 0.297. The van der Waals surface area contributed by atoms with Crippen molar-refractivity contribution in [1.29, 1.82) is 0 Å². The zero-order valence-electron chi connectivity index (χ0n) is 12.9. The summed E-state index contributed by atoms with van der Waals surface area (Å²) in [6.45, 7) is 3.85. The number of nitrogens with one attached hydrogen (secondary N) is 1. The summed E-state index contributed by atoms with van der Waals surface area (Å²) in [5.41, 5.74) is 1.46. The van der Waals surface area contributed by atoms with Gasteiger partial charge in [0.2, 0.25) is 0 Å². The molecule has 1 aliphatic heterocycles. The number of carboxylic acid groups (broad SMARTS) is 1. The smallest absolute Gasteiger partial charge is 0.303 e. The third kappa shape index (κ3) is 4.30. The number of rotatable bonds is 7. The SMILES string of the molecule is Cc1c(C(=O)NCCCCC(=O)O)cnn1C1CCOCC1. The van der Waals surface area contributed by atoms with E-state index in [4.69, 9.17) is 9.84 Å². The second-order valence-electron chi connectivity index (χ2n) is 5.54. The van der Waals surface area contributed by atoms with Crippen LogP contribution in [-0.2, 0) is 9.53 Å². The number of nitrogens with zero attached hydrogens (tertiary/aromatic N) is 2. The van der Waals surface area contributed by atoms with Gasteiger partial charge in [0.25, 0.3) is 5.91 Å². The molecule has 0 radical (unpaired) electrons. The van der Waals surface area contributed by atoms with E-state index in [9.17, 15) is 9.59 Å². The van der Waals surface area contributed by atoms with Crippen LogP contribution in [0.5, 0.6) is 0 Å². The lowest BCUT2D eigenvalue weighted by Gasteiger charge is -2.23. The Labute approximate surface area is 129 Å². The predicted molar refractivity (Wildman–Crippen MR) is 79.9 cm³/mol. The van der Waals surface area contributed by atoms with E-state index >= 15 is 0 Å². The highest BCUT2D eigenvalue weighted by atomic mass is 16.5. The number of hydrogen-bond acceptors (Lipinski definition) is 4. The summed E-state index contributed by atoms with van der Waals surface area (Å²) < 4.78 is 7.26. The van der Waals surface area contributed by atoms with Crippen LogP contribution < -0.4 is 5.32 Å². The van der Waals surface area contributed by atoms with E-state index in [1.165, 1.54) is 0 Å². The van der Waals surface area contributed by atoms with Crippen molar-refractivity contribution in [3.63, 3.8) is 0 Å². The maximum Gasteiger partial charge on any atom is 0.303 e. The Morgan fingerprint density at radius 2 is 2.14 bits per heavy atom. The van der Waals surface area contributed by atoms with Crippen molar-refractivity contribution in [1.82, 2.24) is 15.1 Å². The van der Waals surface area contributed by atoms with Crippen molar-refractivity contribution in [2.24, 2.45) is 0 Å². The molecule has 22 heavy (non-hydrogen) atoms. The van der Waals surface area contributed by atoms with Crippen molar-refractivity contribution in [3.05, 3.63) is 17.5 Å². The van der Waals surface area contributed by atoms with Crippen LogP contribution >= 0.6 is 0 Å². The standard InChI is InChI=1S/C15H23N3O4/c1-11-13(15(21)16-7-3-2-4-14(19)20)10-17-18(11)12-5-8-22-9-6-12/h10,12H,2-9H2,1H3,(H,16,21)(H,19,20). The first-order chi connectivity index (χ1) is 10.6. The fraction of sp³-hybridized carbons (Fsp3) is 0.667. The molecule has 7 heteroatoms. The first-order valence-corrected chi connectivity index (χ1v) is 7.71.